The highest BCUT2D eigenvalue weighted by atomic mass is 16.2. The average Bonchev–Trinajstić information content (AvgIpc) is 3.36. The molecule has 1 N–H and O–H groups in total. The number of hydrogen-bond acceptors (Lipinski definition) is 3. The highest BCUT2D eigenvalue weighted by Crippen LogP contribution is 2.36. The van der Waals surface area contributed by atoms with Gasteiger partial charge in [0.1, 0.15) is 6.04 Å². The lowest BCUT2D eigenvalue weighted by molar-refractivity contribution is -0.140. The van der Waals surface area contributed by atoms with Crippen LogP contribution in [-0.4, -0.2) is 34.3 Å². The maximum Gasteiger partial charge on any atom is 0.246 e. The Kier molecular flexibility index (Phi) is 8.25. The van der Waals surface area contributed by atoms with Crippen molar-refractivity contribution in [3.8, 4) is 11.1 Å². The van der Waals surface area contributed by atoms with Crippen LogP contribution in [-0.2, 0) is 9.59 Å². The molecule has 1 aliphatic carbocycles. The number of likely N-dealkylation sites (tertiary alicyclic amines) is 1. The van der Waals surface area contributed by atoms with E-state index in [-0.39, 0.29) is 29.7 Å². The third-order valence-electron chi connectivity index (χ3n) is 7.96. The molecule has 2 heterocycles. The summed E-state index contributed by atoms with van der Waals surface area (Å²) in [5.74, 6) is 0.219. The van der Waals surface area contributed by atoms with Crippen LogP contribution in [0.4, 0.5) is 0 Å². The van der Waals surface area contributed by atoms with Gasteiger partial charge >= 0.3 is 0 Å². The van der Waals surface area contributed by atoms with Crippen molar-refractivity contribution in [3.05, 3.63) is 53.3 Å². The summed E-state index contributed by atoms with van der Waals surface area (Å²) in [5, 5.41) is 3.19. The van der Waals surface area contributed by atoms with E-state index in [2.05, 4.69) is 49.5 Å². The van der Waals surface area contributed by atoms with E-state index in [4.69, 9.17) is 4.98 Å². The molecular weight excluding hydrogens is 434 g/mol. The number of rotatable bonds is 7. The van der Waals surface area contributed by atoms with Gasteiger partial charge in [0.2, 0.25) is 11.8 Å². The Bertz CT molecular complexity index is 1020. The summed E-state index contributed by atoms with van der Waals surface area (Å²) in [5.41, 5.74) is 5.74. The lowest BCUT2D eigenvalue weighted by Crippen LogP contribution is -2.53. The third kappa shape index (κ3) is 5.94. The van der Waals surface area contributed by atoms with Gasteiger partial charge < -0.3 is 10.2 Å². The van der Waals surface area contributed by atoms with Crippen molar-refractivity contribution in [1.82, 2.24) is 15.2 Å². The zero-order valence-corrected chi connectivity index (χ0v) is 21.8. The molecule has 4 rings (SSSR count). The van der Waals surface area contributed by atoms with Crippen LogP contribution in [0.5, 0.6) is 0 Å². The molecule has 5 nitrogen and oxygen atoms in total. The Balaban J connectivity index is 1.59. The van der Waals surface area contributed by atoms with E-state index in [1.165, 1.54) is 23.1 Å². The van der Waals surface area contributed by atoms with E-state index >= 15 is 0 Å². The first-order valence-electron chi connectivity index (χ1n) is 13.5. The topological polar surface area (TPSA) is 62.3 Å². The van der Waals surface area contributed by atoms with Gasteiger partial charge in [0, 0.05) is 18.7 Å². The Morgan fingerprint density at radius 3 is 2.40 bits per heavy atom. The van der Waals surface area contributed by atoms with Gasteiger partial charge in [-0.05, 0) is 75.1 Å². The van der Waals surface area contributed by atoms with E-state index in [1.807, 2.05) is 24.9 Å². The lowest BCUT2D eigenvalue weighted by Gasteiger charge is -2.35. The van der Waals surface area contributed by atoms with E-state index < -0.39 is 6.04 Å². The van der Waals surface area contributed by atoms with Gasteiger partial charge in [-0.3, -0.25) is 14.6 Å². The minimum Gasteiger partial charge on any atom is -0.344 e. The predicted octanol–water partition coefficient (Wildman–Crippen LogP) is 6.14. The molecule has 35 heavy (non-hydrogen) atoms. The molecule has 0 bridgehead atoms. The number of nitrogens with one attached hydrogen (secondary N) is 1. The first-order chi connectivity index (χ1) is 16.9. The number of nitrogens with zero attached hydrogens (tertiary/aromatic N) is 2. The number of hydrogen-bond donors (Lipinski definition) is 1. The summed E-state index contributed by atoms with van der Waals surface area (Å²) >= 11 is 0. The molecular formula is C30H41N3O2. The van der Waals surface area contributed by atoms with Crippen LogP contribution in [0.2, 0.25) is 0 Å². The molecule has 1 aromatic heterocycles. The highest BCUT2D eigenvalue weighted by Gasteiger charge is 2.39. The van der Waals surface area contributed by atoms with Crippen LogP contribution >= 0.6 is 0 Å². The second kappa shape index (κ2) is 11.4. The maximum absolute atomic E-state index is 14.0. The number of carbonyl (C=O) groups excluding carboxylic acids is 2. The van der Waals surface area contributed by atoms with Gasteiger partial charge in [0.15, 0.2) is 0 Å². The maximum atomic E-state index is 14.0. The van der Waals surface area contributed by atoms with Crippen molar-refractivity contribution in [1.29, 1.82) is 0 Å². The fourth-order valence-electron chi connectivity index (χ4n) is 5.80. The minimum atomic E-state index is -0.431. The quantitative estimate of drug-likeness (QED) is 0.523. The number of pyridine rings is 1. The Morgan fingerprint density at radius 1 is 1.00 bits per heavy atom. The van der Waals surface area contributed by atoms with Crippen LogP contribution in [0.3, 0.4) is 0 Å². The summed E-state index contributed by atoms with van der Waals surface area (Å²) in [6, 6.07) is 10.3. The van der Waals surface area contributed by atoms with Gasteiger partial charge in [0.25, 0.3) is 0 Å². The van der Waals surface area contributed by atoms with Crippen molar-refractivity contribution in [2.45, 2.75) is 91.1 Å². The highest BCUT2D eigenvalue weighted by molar-refractivity contribution is 5.89. The van der Waals surface area contributed by atoms with Crippen LogP contribution < -0.4 is 5.32 Å². The van der Waals surface area contributed by atoms with Crippen molar-refractivity contribution in [2.24, 2.45) is 11.8 Å². The summed E-state index contributed by atoms with van der Waals surface area (Å²) in [6.45, 7) is 8.93. The van der Waals surface area contributed by atoms with E-state index in [0.717, 1.165) is 62.7 Å². The molecule has 188 valence electrons. The molecule has 5 heteroatoms. The number of carbonyl (C=O) groups is 2. The van der Waals surface area contributed by atoms with Crippen LogP contribution in [0, 0.1) is 25.7 Å². The normalized spacial score (nSPS) is 20.5. The number of amides is 2. The molecule has 1 aliphatic heterocycles. The molecule has 0 radical (unpaired) electrons. The predicted molar refractivity (Wildman–Crippen MR) is 141 cm³/mol. The minimum absolute atomic E-state index is 0.00195. The van der Waals surface area contributed by atoms with Crippen molar-refractivity contribution < 1.29 is 9.59 Å². The Morgan fingerprint density at radius 2 is 1.71 bits per heavy atom. The summed E-state index contributed by atoms with van der Waals surface area (Å²) in [4.78, 5) is 33.6. The molecule has 2 aromatic rings. The molecule has 1 saturated carbocycles. The molecule has 2 fully saturated rings. The zero-order chi connectivity index (χ0) is 24.9. The van der Waals surface area contributed by atoms with Crippen LogP contribution in [0.1, 0.15) is 88.1 Å². The summed E-state index contributed by atoms with van der Waals surface area (Å²) < 4.78 is 0. The van der Waals surface area contributed by atoms with E-state index in [0.29, 0.717) is 0 Å². The summed E-state index contributed by atoms with van der Waals surface area (Å²) in [7, 11) is 0. The monoisotopic (exact) mass is 475 g/mol. The van der Waals surface area contributed by atoms with Gasteiger partial charge in [-0.15, -0.1) is 0 Å². The molecule has 0 spiro atoms. The molecule has 1 aromatic carbocycles. The van der Waals surface area contributed by atoms with Crippen LogP contribution in [0.25, 0.3) is 11.1 Å². The number of aryl methyl sites for hydroxylation is 2. The second-order valence-corrected chi connectivity index (χ2v) is 10.7. The van der Waals surface area contributed by atoms with Gasteiger partial charge in [-0.1, -0.05) is 62.4 Å². The van der Waals surface area contributed by atoms with E-state index in [9.17, 15) is 9.59 Å². The molecule has 3 unspecified atom stereocenters. The fraction of sp³-hybridized carbons (Fsp3) is 0.567. The van der Waals surface area contributed by atoms with Gasteiger partial charge in [0.05, 0.1) is 11.7 Å². The first-order valence-corrected chi connectivity index (χ1v) is 13.5. The average molecular weight is 476 g/mol. The van der Waals surface area contributed by atoms with Crippen molar-refractivity contribution >= 4 is 11.8 Å². The van der Waals surface area contributed by atoms with Crippen LogP contribution in [0.15, 0.2) is 36.5 Å². The van der Waals surface area contributed by atoms with Crippen molar-refractivity contribution in [2.75, 3.05) is 6.54 Å². The molecule has 3 atom stereocenters. The van der Waals surface area contributed by atoms with Gasteiger partial charge in [-0.2, -0.15) is 0 Å². The Hall–Kier alpha value is -2.69. The number of benzene rings is 1. The van der Waals surface area contributed by atoms with Crippen molar-refractivity contribution in [3.63, 3.8) is 0 Å². The Labute approximate surface area is 210 Å². The van der Waals surface area contributed by atoms with E-state index in [1.54, 1.807) is 0 Å². The first kappa shape index (κ1) is 25.4. The second-order valence-electron chi connectivity index (χ2n) is 10.7. The SMILES string of the molecule is CCC(C)C(=O)NC(C(=O)N1CCCC1c1cc(-c2cc(C)cc(C)c2)ccn1)C1CCCCC1. The van der Waals surface area contributed by atoms with Gasteiger partial charge in [-0.25, -0.2) is 0 Å². The fourth-order valence-corrected chi connectivity index (χ4v) is 5.80. The molecule has 1 saturated heterocycles. The largest absolute Gasteiger partial charge is 0.344 e. The third-order valence-corrected chi connectivity index (χ3v) is 7.96. The standard InChI is InChI=1S/C30H41N3O2/c1-5-22(4)29(34)32-28(23-10-7-6-8-11-23)30(35)33-15-9-12-27(33)26-19-24(13-14-31-26)25-17-20(2)16-21(3)18-25/h13-14,16-19,22-23,27-28H,5-12,15H2,1-4H3,(H,32,34). The number of aromatic nitrogens is 1. The summed E-state index contributed by atoms with van der Waals surface area (Å²) in [6.07, 6.45) is 10.0. The molecule has 2 amide bonds. The lowest BCUT2D eigenvalue weighted by atomic mass is 9.83. The smallest absolute Gasteiger partial charge is 0.246 e. The zero-order valence-electron chi connectivity index (χ0n) is 21.8. The molecule has 2 aliphatic rings.